The predicted molar refractivity (Wildman–Crippen MR) is 78.6 cm³/mol. The van der Waals surface area contributed by atoms with E-state index in [1.165, 1.54) is 14.0 Å². The van der Waals surface area contributed by atoms with Crippen LogP contribution in [0.25, 0.3) is 0 Å². The largest absolute Gasteiger partial charge is 0.192 e. The van der Waals surface area contributed by atoms with Gasteiger partial charge in [0.25, 0.3) is 0 Å². The molecular weight excluding hydrogens is 274 g/mol. The fourth-order valence-corrected chi connectivity index (χ4v) is 5.17. The van der Waals surface area contributed by atoms with Gasteiger partial charge in [-0.2, -0.15) is 5.26 Å². The highest BCUT2D eigenvalue weighted by molar-refractivity contribution is 8.28. The van der Waals surface area contributed by atoms with Gasteiger partial charge in [0.05, 0.1) is 14.0 Å². The van der Waals surface area contributed by atoms with Gasteiger partial charge in [-0.15, -0.1) is 0 Å². The Balaban J connectivity index is 2.22. The van der Waals surface area contributed by atoms with E-state index >= 15 is 0 Å². The molecule has 16 heavy (non-hydrogen) atoms. The summed E-state index contributed by atoms with van der Waals surface area (Å²) >= 11 is 6.76. The fourth-order valence-electron chi connectivity index (χ4n) is 1.09. The summed E-state index contributed by atoms with van der Waals surface area (Å²) < 4.78 is 2.28. The van der Waals surface area contributed by atoms with Crippen molar-refractivity contribution in [1.29, 1.82) is 5.26 Å². The molecule has 0 saturated carbocycles. The van der Waals surface area contributed by atoms with Gasteiger partial charge in [0.15, 0.2) is 0 Å². The first kappa shape index (κ1) is 12.3. The third-order valence-electron chi connectivity index (χ3n) is 2.01. The molecule has 0 saturated heterocycles. The summed E-state index contributed by atoms with van der Waals surface area (Å²) in [5.41, 5.74) is 0.782. The van der Waals surface area contributed by atoms with Crippen molar-refractivity contribution in [3.05, 3.63) is 40.7 Å². The van der Waals surface area contributed by atoms with Crippen LogP contribution in [0.1, 0.15) is 13.8 Å². The van der Waals surface area contributed by atoms with Crippen molar-refractivity contribution in [2.45, 2.75) is 13.8 Å². The van der Waals surface area contributed by atoms with Gasteiger partial charge >= 0.3 is 0 Å². The van der Waals surface area contributed by atoms with Gasteiger partial charge in [-0.05, 0) is 40.5 Å². The third kappa shape index (κ3) is 2.75. The number of hydrogen-bond donors (Lipinski definition) is 0. The van der Waals surface area contributed by atoms with Crippen LogP contribution in [0.2, 0.25) is 0 Å². The molecule has 2 aliphatic rings. The highest BCUT2D eigenvalue weighted by Crippen LogP contribution is 2.50. The molecule has 0 fully saturated rings. The number of hydrogen-bond acceptors (Lipinski definition) is 5. The highest BCUT2D eigenvalue weighted by Gasteiger charge is 2.18. The molecule has 0 atom stereocenters. The lowest BCUT2D eigenvalue weighted by Gasteiger charge is -1.99. The maximum absolute atomic E-state index is 9.18. The zero-order valence-electron chi connectivity index (χ0n) is 8.81. The lowest BCUT2D eigenvalue weighted by molar-refractivity contribution is 1.50. The Morgan fingerprint density at radius 1 is 1.19 bits per heavy atom. The van der Waals surface area contributed by atoms with Crippen LogP contribution in [0.3, 0.4) is 0 Å². The van der Waals surface area contributed by atoms with E-state index in [0.717, 1.165) is 9.81 Å². The first-order chi connectivity index (χ1) is 7.70. The summed E-state index contributed by atoms with van der Waals surface area (Å²) in [6.07, 6.45) is 1.98. The minimum absolute atomic E-state index is 0.782. The average Bonchev–Trinajstić information content (AvgIpc) is 2.86. The molecule has 0 amide bonds. The van der Waals surface area contributed by atoms with Crippen LogP contribution in [0.4, 0.5) is 0 Å². The normalized spacial score (nSPS) is 19.3. The molecule has 82 valence electrons. The molecule has 2 aliphatic heterocycles. The van der Waals surface area contributed by atoms with E-state index in [2.05, 4.69) is 19.9 Å². The third-order valence-corrected chi connectivity index (χ3v) is 6.67. The van der Waals surface area contributed by atoms with Gasteiger partial charge < -0.3 is 0 Å². The van der Waals surface area contributed by atoms with Crippen molar-refractivity contribution in [3.8, 4) is 6.07 Å². The number of thioether (sulfide) groups is 4. The number of allylic oxidation sites excluding steroid dienone is 4. The maximum Gasteiger partial charge on any atom is 0.101 e. The first-order valence-electron chi connectivity index (χ1n) is 4.58. The van der Waals surface area contributed by atoms with Crippen molar-refractivity contribution in [2.24, 2.45) is 0 Å². The van der Waals surface area contributed by atoms with Crippen molar-refractivity contribution in [2.75, 3.05) is 0 Å². The summed E-state index contributed by atoms with van der Waals surface area (Å²) in [5, 5.41) is 13.3. The van der Waals surface area contributed by atoms with Gasteiger partial charge in [-0.25, -0.2) is 0 Å². The fraction of sp³-hybridized carbons (Fsp3) is 0.182. The second kappa shape index (κ2) is 5.46. The van der Waals surface area contributed by atoms with Gasteiger partial charge in [-0.1, -0.05) is 47.0 Å². The minimum Gasteiger partial charge on any atom is -0.192 e. The molecule has 0 radical (unpaired) electrons. The van der Waals surface area contributed by atoms with Crippen molar-refractivity contribution < 1.29 is 0 Å². The molecule has 0 unspecified atom stereocenters. The Morgan fingerprint density at radius 2 is 1.75 bits per heavy atom. The average molecular weight is 283 g/mol. The molecule has 0 aliphatic carbocycles. The number of nitrogens with zero attached hydrogens (tertiary/aromatic N) is 1. The lowest BCUT2D eigenvalue weighted by atomic mass is 10.3. The van der Waals surface area contributed by atoms with Crippen LogP contribution in [-0.4, -0.2) is 0 Å². The van der Waals surface area contributed by atoms with Gasteiger partial charge in [0.2, 0.25) is 0 Å². The van der Waals surface area contributed by atoms with Crippen LogP contribution in [0, 0.1) is 11.3 Å². The molecule has 5 heteroatoms. The second-order valence-electron chi connectivity index (χ2n) is 3.10. The molecular formula is C11H9NS4. The van der Waals surface area contributed by atoms with E-state index in [-0.39, 0.29) is 0 Å². The standard InChI is InChI=1S/C11H9NS4/c1-7-8(2)16-11(15-7)9(6-12)5-10-13-3-4-14-10/h3-5H,1-2H3. The van der Waals surface area contributed by atoms with Crippen LogP contribution in [0.5, 0.6) is 0 Å². The number of rotatable bonds is 1. The Bertz CT molecular complexity index is 451. The zero-order chi connectivity index (χ0) is 11.5. The lowest BCUT2D eigenvalue weighted by Crippen LogP contribution is -1.76. The van der Waals surface area contributed by atoms with E-state index in [9.17, 15) is 5.26 Å². The van der Waals surface area contributed by atoms with Gasteiger partial charge in [-0.3, -0.25) is 0 Å². The van der Waals surface area contributed by atoms with Gasteiger partial charge in [0.1, 0.15) is 6.07 Å². The van der Waals surface area contributed by atoms with Crippen molar-refractivity contribution >= 4 is 47.0 Å². The molecule has 0 bridgehead atoms. The SMILES string of the molecule is CC1=C(C)SC(=C(C#N)C=C2SC=CS2)S1. The van der Waals surface area contributed by atoms with E-state index < -0.39 is 0 Å². The monoisotopic (exact) mass is 283 g/mol. The molecule has 2 rings (SSSR count). The van der Waals surface area contributed by atoms with E-state index in [0.29, 0.717) is 0 Å². The molecule has 0 aromatic carbocycles. The van der Waals surface area contributed by atoms with Crippen LogP contribution in [-0.2, 0) is 0 Å². The zero-order valence-corrected chi connectivity index (χ0v) is 12.1. The Hall–Kier alpha value is -0.150. The Kier molecular flexibility index (Phi) is 4.20. The van der Waals surface area contributed by atoms with E-state index in [1.54, 1.807) is 47.0 Å². The maximum atomic E-state index is 9.18. The Morgan fingerprint density at radius 3 is 2.25 bits per heavy atom. The van der Waals surface area contributed by atoms with Crippen LogP contribution >= 0.6 is 47.0 Å². The summed E-state index contributed by atoms with van der Waals surface area (Å²) in [6, 6.07) is 2.29. The molecule has 2 heterocycles. The minimum atomic E-state index is 0.782. The first-order valence-corrected chi connectivity index (χ1v) is 7.97. The Labute approximate surface area is 113 Å². The summed E-state index contributed by atoms with van der Waals surface area (Å²) in [4.78, 5) is 2.60. The molecule has 0 N–H and O–H groups in total. The summed E-state index contributed by atoms with van der Waals surface area (Å²) in [5.74, 6) is 0. The topological polar surface area (TPSA) is 23.8 Å². The van der Waals surface area contributed by atoms with Crippen molar-refractivity contribution in [3.63, 3.8) is 0 Å². The highest BCUT2D eigenvalue weighted by atomic mass is 32.2. The van der Waals surface area contributed by atoms with Crippen molar-refractivity contribution in [1.82, 2.24) is 0 Å². The smallest absolute Gasteiger partial charge is 0.101 e. The predicted octanol–water partition coefficient (Wildman–Crippen LogP) is 5.25. The van der Waals surface area contributed by atoms with Crippen LogP contribution in [0.15, 0.2) is 40.7 Å². The summed E-state index contributed by atoms with van der Waals surface area (Å²) in [7, 11) is 0. The molecule has 0 aromatic heterocycles. The van der Waals surface area contributed by atoms with Crippen LogP contribution < -0.4 is 0 Å². The molecule has 0 spiro atoms. The van der Waals surface area contributed by atoms with E-state index in [4.69, 9.17) is 0 Å². The molecule has 0 aromatic rings. The van der Waals surface area contributed by atoms with Gasteiger partial charge in [0, 0.05) is 0 Å². The molecule has 1 nitrogen and oxygen atoms in total. The quantitative estimate of drug-likeness (QED) is 0.612. The second-order valence-corrected chi connectivity index (χ2v) is 7.96. The van der Waals surface area contributed by atoms with E-state index in [1.807, 2.05) is 16.9 Å². The summed E-state index contributed by atoms with van der Waals surface area (Å²) in [6.45, 7) is 4.20. The number of nitriles is 1.